The third-order valence-corrected chi connectivity index (χ3v) is 9.65. The molecular formula is C26H36N4O3S. The van der Waals surface area contributed by atoms with E-state index in [1.807, 2.05) is 18.6 Å². The highest BCUT2D eigenvalue weighted by Gasteiger charge is 2.34. The SMILES string of the molecule is CC(C)COC1CCCN(CS(=O)(=O)C2CCC(c3ccnc4cnc5[nH]ccc5c34)CC2)C1. The van der Waals surface area contributed by atoms with Crippen molar-refractivity contribution in [2.45, 2.75) is 69.6 Å². The van der Waals surface area contributed by atoms with E-state index in [1.54, 1.807) is 0 Å². The summed E-state index contributed by atoms with van der Waals surface area (Å²) in [7, 11) is -3.17. The van der Waals surface area contributed by atoms with Crippen molar-refractivity contribution in [2.24, 2.45) is 5.92 Å². The fourth-order valence-corrected chi connectivity index (χ4v) is 7.65. The first-order valence-electron chi connectivity index (χ1n) is 12.7. The van der Waals surface area contributed by atoms with Crippen molar-refractivity contribution in [3.8, 4) is 0 Å². The van der Waals surface area contributed by atoms with E-state index in [0.29, 0.717) is 11.8 Å². The Balaban J connectivity index is 1.24. The molecule has 1 aliphatic carbocycles. The minimum Gasteiger partial charge on any atom is -0.377 e. The van der Waals surface area contributed by atoms with E-state index in [1.165, 1.54) is 5.56 Å². The summed E-state index contributed by atoms with van der Waals surface area (Å²) in [5.74, 6) is 1.01. The van der Waals surface area contributed by atoms with Crippen molar-refractivity contribution in [1.82, 2.24) is 19.9 Å². The van der Waals surface area contributed by atoms with E-state index in [2.05, 4.69) is 45.8 Å². The molecule has 0 aromatic carbocycles. The van der Waals surface area contributed by atoms with Crippen LogP contribution in [0.5, 0.6) is 0 Å². The van der Waals surface area contributed by atoms with Gasteiger partial charge in [0.25, 0.3) is 0 Å². The van der Waals surface area contributed by atoms with E-state index in [9.17, 15) is 8.42 Å². The lowest BCUT2D eigenvalue weighted by Gasteiger charge is -2.35. The molecule has 2 fully saturated rings. The average molecular weight is 485 g/mol. The van der Waals surface area contributed by atoms with Crippen molar-refractivity contribution >= 4 is 31.8 Å². The summed E-state index contributed by atoms with van der Waals surface area (Å²) in [6, 6.07) is 4.17. The van der Waals surface area contributed by atoms with Gasteiger partial charge in [0.05, 0.1) is 23.1 Å². The van der Waals surface area contributed by atoms with Gasteiger partial charge in [-0.3, -0.25) is 9.88 Å². The van der Waals surface area contributed by atoms with E-state index in [-0.39, 0.29) is 17.2 Å². The molecule has 34 heavy (non-hydrogen) atoms. The second-order valence-corrected chi connectivity index (χ2v) is 12.7. The standard InChI is InChI=1S/C26H36N4O3S/c1-18(2)16-33-20-4-3-13-30(15-20)17-34(31,32)21-7-5-19(6-8-21)22-9-11-27-24-14-29-26-23(25(22)24)10-12-28-26/h9-12,14,18-21H,3-8,13,15-17H2,1-2H3,(H,28,29). The maximum absolute atomic E-state index is 13.3. The number of sulfone groups is 1. The molecule has 0 spiro atoms. The summed E-state index contributed by atoms with van der Waals surface area (Å²) in [5, 5.41) is 2.00. The highest BCUT2D eigenvalue weighted by Crippen LogP contribution is 2.39. The third-order valence-electron chi connectivity index (χ3n) is 7.43. The van der Waals surface area contributed by atoms with Gasteiger partial charge in [-0.25, -0.2) is 13.4 Å². The zero-order chi connectivity index (χ0) is 23.7. The van der Waals surface area contributed by atoms with Crippen LogP contribution in [0, 0.1) is 5.92 Å². The van der Waals surface area contributed by atoms with Crippen LogP contribution < -0.4 is 0 Å². The number of nitrogens with zero attached hydrogens (tertiary/aromatic N) is 3. The topological polar surface area (TPSA) is 88.2 Å². The second kappa shape index (κ2) is 9.91. The van der Waals surface area contributed by atoms with Gasteiger partial charge in [-0.05, 0) is 74.6 Å². The molecule has 3 aromatic rings. The Morgan fingerprint density at radius 1 is 1.15 bits per heavy atom. The summed E-state index contributed by atoms with van der Waals surface area (Å²) in [6.07, 6.45) is 11.0. The number of likely N-dealkylation sites (tertiary alicyclic amines) is 1. The molecule has 184 valence electrons. The normalized spacial score (nSPS) is 24.9. The Morgan fingerprint density at radius 2 is 1.97 bits per heavy atom. The summed E-state index contributed by atoms with van der Waals surface area (Å²) in [4.78, 5) is 14.3. The lowest BCUT2D eigenvalue weighted by atomic mass is 9.82. The van der Waals surface area contributed by atoms with Crippen molar-refractivity contribution < 1.29 is 13.2 Å². The molecule has 0 bridgehead atoms. The number of nitrogens with one attached hydrogen (secondary N) is 1. The molecule has 5 rings (SSSR count). The number of hydrogen-bond acceptors (Lipinski definition) is 6. The molecule has 7 nitrogen and oxygen atoms in total. The van der Waals surface area contributed by atoms with Crippen LogP contribution in [0.25, 0.3) is 21.9 Å². The summed E-state index contributed by atoms with van der Waals surface area (Å²) < 4.78 is 32.6. The van der Waals surface area contributed by atoms with E-state index in [0.717, 1.165) is 80.2 Å². The maximum Gasteiger partial charge on any atom is 0.166 e. The van der Waals surface area contributed by atoms with Crippen LogP contribution >= 0.6 is 0 Å². The second-order valence-electron chi connectivity index (χ2n) is 10.5. The van der Waals surface area contributed by atoms with Gasteiger partial charge in [-0.2, -0.15) is 0 Å². The number of aromatic nitrogens is 3. The predicted molar refractivity (Wildman–Crippen MR) is 136 cm³/mol. The fraction of sp³-hybridized carbons (Fsp3) is 0.615. The molecular weight excluding hydrogens is 448 g/mol. The number of ether oxygens (including phenoxy) is 1. The molecule has 3 aromatic heterocycles. The molecule has 8 heteroatoms. The van der Waals surface area contributed by atoms with Crippen molar-refractivity contribution in [3.63, 3.8) is 0 Å². The lowest BCUT2D eigenvalue weighted by Crippen LogP contribution is -2.44. The number of rotatable bonds is 7. The Labute approximate surface area is 202 Å². The number of pyridine rings is 2. The molecule has 1 saturated heterocycles. The fourth-order valence-electron chi connectivity index (χ4n) is 5.71. The largest absolute Gasteiger partial charge is 0.377 e. The first-order chi connectivity index (χ1) is 16.4. The number of H-pyrrole nitrogens is 1. The highest BCUT2D eigenvalue weighted by molar-refractivity contribution is 7.91. The Kier molecular flexibility index (Phi) is 6.91. The Bertz CT molecular complexity index is 1230. The molecule has 0 amide bonds. The molecule has 1 aliphatic heterocycles. The molecule has 1 atom stereocenters. The number of fused-ring (bicyclic) bond motifs is 3. The first-order valence-corrected chi connectivity index (χ1v) is 14.4. The summed E-state index contributed by atoms with van der Waals surface area (Å²) >= 11 is 0. The lowest BCUT2D eigenvalue weighted by molar-refractivity contribution is -0.00742. The Hall–Kier alpha value is -2.03. The predicted octanol–water partition coefficient (Wildman–Crippen LogP) is 4.65. The molecule has 1 unspecified atom stereocenters. The monoisotopic (exact) mass is 484 g/mol. The van der Waals surface area contributed by atoms with Gasteiger partial charge in [0.2, 0.25) is 0 Å². The minimum atomic E-state index is -3.17. The van der Waals surface area contributed by atoms with Crippen LogP contribution in [0.15, 0.2) is 30.7 Å². The molecule has 0 radical (unpaired) electrons. The molecule has 1 N–H and O–H groups in total. The Morgan fingerprint density at radius 3 is 2.76 bits per heavy atom. The van der Waals surface area contributed by atoms with Crippen LogP contribution in [-0.4, -0.2) is 65.2 Å². The van der Waals surface area contributed by atoms with Gasteiger partial charge in [0, 0.05) is 36.3 Å². The van der Waals surface area contributed by atoms with Crippen LogP contribution in [-0.2, 0) is 14.6 Å². The van der Waals surface area contributed by atoms with Crippen molar-refractivity contribution in [2.75, 3.05) is 25.6 Å². The van der Waals surface area contributed by atoms with E-state index < -0.39 is 9.84 Å². The van der Waals surface area contributed by atoms with Gasteiger partial charge < -0.3 is 9.72 Å². The van der Waals surface area contributed by atoms with Gasteiger partial charge in [-0.1, -0.05) is 13.8 Å². The molecule has 2 aliphatic rings. The summed E-state index contributed by atoms with van der Waals surface area (Å²) in [6.45, 7) is 6.61. The van der Waals surface area contributed by atoms with Crippen LogP contribution in [0.3, 0.4) is 0 Å². The number of piperidine rings is 1. The smallest absolute Gasteiger partial charge is 0.166 e. The van der Waals surface area contributed by atoms with Crippen molar-refractivity contribution in [1.29, 1.82) is 0 Å². The quantitative estimate of drug-likeness (QED) is 0.525. The average Bonchev–Trinajstić information content (AvgIpc) is 3.32. The third kappa shape index (κ3) is 4.99. The van der Waals surface area contributed by atoms with E-state index in [4.69, 9.17) is 4.74 Å². The van der Waals surface area contributed by atoms with Gasteiger partial charge in [0.15, 0.2) is 9.84 Å². The zero-order valence-electron chi connectivity index (χ0n) is 20.2. The van der Waals surface area contributed by atoms with E-state index >= 15 is 0 Å². The molecule has 1 saturated carbocycles. The highest BCUT2D eigenvalue weighted by atomic mass is 32.2. The summed E-state index contributed by atoms with van der Waals surface area (Å²) in [5.41, 5.74) is 3.04. The minimum absolute atomic E-state index is 0.154. The first kappa shape index (κ1) is 23.7. The van der Waals surface area contributed by atoms with Crippen LogP contribution in [0.1, 0.15) is 63.9 Å². The van der Waals surface area contributed by atoms with Gasteiger partial charge in [-0.15, -0.1) is 0 Å². The van der Waals surface area contributed by atoms with Crippen LogP contribution in [0.4, 0.5) is 0 Å². The molecule has 4 heterocycles. The number of aromatic amines is 1. The van der Waals surface area contributed by atoms with Gasteiger partial charge >= 0.3 is 0 Å². The van der Waals surface area contributed by atoms with Gasteiger partial charge in [0.1, 0.15) is 11.5 Å². The maximum atomic E-state index is 13.3. The number of hydrogen-bond donors (Lipinski definition) is 1. The van der Waals surface area contributed by atoms with Crippen molar-refractivity contribution in [3.05, 3.63) is 36.3 Å². The van der Waals surface area contributed by atoms with Crippen LogP contribution in [0.2, 0.25) is 0 Å². The zero-order valence-corrected chi connectivity index (χ0v) is 21.1.